The van der Waals surface area contributed by atoms with Gasteiger partial charge in [0.05, 0.1) is 11.1 Å². The third-order valence-corrected chi connectivity index (χ3v) is 3.03. The zero-order chi connectivity index (χ0) is 12.3. The molecule has 0 aliphatic carbocycles. The van der Waals surface area contributed by atoms with Gasteiger partial charge in [-0.1, -0.05) is 31.5 Å². The van der Waals surface area contributed by atoms with Crippen molar-refractivity contribution in [2.24, 2.45) is 11.7 Å². The molecule has 1 unspecified atom stereocenters. The lowest BCUT2D eigenvalue weighted by Crippen LogP contribution is -2.18. The van der Waals surface area contributed by atoms with Gasteiger partial charge in [-0.25, -0.2) is 0 Å². The second-order valence-corrected chi connectivity index (χ2v) is 4.95. The summed E-state index contributed by atoms with van der Waals surface area (Å²) in [5.74, 6) is 1.19. The Morgan fingerprint density at radius 2 is 1.81 bits per heavy atom. The fraction of sp³-hybridized carbons (Fsp3) is 0.538. The molecule has 2 atom stereocenters. The van der Waals surface area contributed by atoms with Gasteiger partial charge in [0.15, 0.2) is 0 Å². The Hall–Kier alpha value is -0.730. The van der Waals surface area contributed by atoms with Crippen molar-refractivity contribution in [1.82, 2.24) is 0 Å². The minimum Gasteiger partial charge on any atom is -0.489 e. The van der Waals surface area contributed by atoms with Crippen molar-refractivity contribution in [2.45, 2.75) is 39.8 Å². The highest BCUT2D eigenvalue weighted by Gasteiger charge is 2.12. The number of halogens is 1. The van der Waals surface area contributed by atoms with Crippen molar-refractivity contribution in [3.63, 3.8) is 0 Å². The minimum atomic E-state index is -0.00549. The first-order valence-electron chi connectivity index (χ1n) is 5.63. The van der Waals surface area contributed by atoms with Crippen LogP contribution in [0.1, 0.15) is 39.3 Å². The van der Waals surface area contributed by atoms with Gasteiger partial charge in [-0.15, -0.1) is 0 Å². The SMILES string of the molecule is CC(C)C(C)Oc1ccc([C@H](C)N)cc1Cl. The fourth-order valence-corrected chi connectivity index (χ4v) is 1.47. The van der Waals surface area contributed by atoms with Crippen LogP contribution in [0.25, 0.3) is 0 Å². The van der Waals surface area contributed by atoms with Crippen LogP contribution in [0.2, 0.25) is 5.02 Å². The summed E-state index contributed by atoms with van der Waals surface area (Å²) in [6.07, 6.45) is 0.152. The highest BCUT2D eigenvalue weighted by Crippen LogP contribution is 2.28. The number of nitrogens with two attached hydrogens (primary N) is 1. The van der Waals surface area contributed by atoms with Crippen LogP contribution in [-0.2, 0) is 0 Å². The maximum atomic E-state index is 6.14. The van der Waals surface area contributed by atoms with Crippen LogP contribution in [0, 0.1) is 5.92 Å². The standard InChI is InChI=1S/C13H20ClNO/c1-8(2)10(4)16-13-6-5-11(9(3)15)7-12(13)14/h5-10H,15H2,1-4H3/t9-,10?/m0/s1. The second-order valence-electron chi connectivity index (χ2n) is 4.55. The second kappa shape index (κ2) is 5.55. The van der Waals surface area contributed by atoms with Crippen LogP contribution in [0.5, 0.6) is 5.75 Å². The molecule has 0 aliphatic heterocycles. The highest BCUT2D eigenvalue weighted by atomic mass is 35.5. The molecule has 0 aliphatic rings. The van der Waals surface area contributed by atoms with E-state index in [2.05, 4.69) is 13.8 Å². The molecule has 0 radical (unpaired) electrons. The number of rotatable bonds is 4. The molecule has 0 aromatic heterocycles. The van der Waals surface area contributed by atoms with Crippen LogP contribution in [0.15, 0.2) is 18.2 Å². The van der Waals surface area contributed by atoms with Crippen molar-refractivity contribution < 1.29 is 4.74 Å². The maximum absolute atomic E-state index is 6.14. The van der Waals surface area contributed by atoms with E-state index in [4.69, 9.17) is 22.1 Å². The summed E-state index contributed by atoms with van der Waals surface area (Å²) >= 11 is 6.14. The van der Waals surface area contributed by atoms with E-state index in [0.717, 1.165) is 11.3 Å². The van der Waals surface area contributed by atoms with Crippen LogP contribution < -0.4 is 10.5 Å². The van der Waals surface area contributed by atoms with E-state index in [1.807, 2.05) is 32.0 Å². The van der Waals surface area contributed by atoms with E-state index in [9.17, 15) is 0 Å². The average molecular weight is 242 g/mol. The lowest BCUT2D eigenvalue weighted by molar-refractivity contribution is 0.170. The van der Waals surface area contributed by atoms with E-state index in [-0.39, 0.29) is 12.1 Å². The molecule has 2 nitrogen and oxygen atoms in total. The number of hydrogen-bond acceptors (Lipinski definition) is 2. The number of ether oxygens (including phenoxy) is 1. The van der Waals surface area contributed by atoms with E-state index in [1.165, 1.54) is 0 Å². The molecule has 3 heteroatoms. The van der Waals surface area contributed by atoms with Gasteiger partial charge in [0, 0.05) is 6.04 Å². The quantitative estimate of drug-likeness (QED) is 0.871. The predicted octanol–water partition coefficient (Wildman–Crippen LogP) is 3.78. The number of benzene rings is 1. The van der Waals surface area contributed by atoms with Gasteiger partial charge < -0.3 is 10.5 Å². The van der Waals surface area contributed by atoms with Crippen molar-refractivity contribution in [3.8, 4) is 5.75 Å². The summed E-state index contributed by atoms with van der Waals surface area (Å²) in [6, 6.07) is 5.71. The van der Waals surface area contributed by atoms with E-state index < -0.39 is 0 Å². The molecular weight excluding hydrogens is 222 g/mol. The molecule has 0 saturated carbocycles. The van der Waals surface area contributed by atoms with Gasteiger partial charge in [0.1, 0.15) is 5.75 Å². The molecule has 90 valence electrons. The summed E-state index contributed by atoms with van der Waals surface area (Å²) < 4.78 is 5.77. The molecular formula is C13H20ClNO. The summed E-state index contributed by atoms with van der Waals surface area (Å²) in [4.78, 5) is 0. The first-order valence-corrected chi connectivity index (χ1v) is 6.01. The third kappa shape index (κ3) is 3.39. The molecule has 1 aromatic rings. The normalized spacial score (nSPS) is 14.9. The zero-order valence-electron chi connectivity index (χ0n) is 10.3. The minimum absolute atomic E-state index is 0.00549. The number of hydrogen-bond donors (Lipinski definition) is 1. The Morgan fingerprint density at radius 3 is 2.25 bits per heavy atom. The zero-order valence-corrected chi connectivity index (χ0v) is 11.1. The monoisotopic (exact) mass is 241 g/mol. The summed E-state index contributed by atoms with van der Waals surface area (Å²) in [5.41, 5.74) is 6.81. The Kier molecular flexibility index (Phi) is 4.63. The molecule has 0 saturated heterocycles. The Labute approximate surface area is 103 Å². The molecule has 16 heavy (non-hydrogen) atoms. The first kappa shape index (κ1) is 13.3. The fourth-order valence-electron chi connectivity index (χ4n) is 1.23. The van der Waals surface area contributed by atoms with Crippen molar-refractivity contribution in [3.05, 3.63) is 28.8 Å². The highest BCUT2D eigenvalue weighted by molar-refractivity contribution is 6.32. The molecule has 0 spiro atoms. The van der Waals surface area contributed by atoms with Gasteiger partial charge in [-0.2, -0.15) is 0 Å². The van der Waals surface area contributed by atoms with E-state index in [0.29, 0.717) is 10.9 Å². The molecule has 1 aromatic carbocycles. The summed E-state index contributed by atoms with van der Waals surface area (Å²) in [5, 5.41) is 0.627. The third-order valence-electron chi connectivity index (χ3n) is 2.73. The van der Waals surface area contributed by atoms with Gasteiger partial charge >= 0.3 is 0 Å². The van der Waals surface area contributed by atoms with Crippen LogP contribution in [0.3, 0.4) is 0 Å². The Balaban J connectivity index is 2.83. The van der Waals surface area contributed by atoms with Crippen molar-refractivity contribution in [1.29, 1.82) is 0 Å². The lowest BCUT2D eigenvalue weighted by Gasteiger charge is -2.19. The van der Waals surface area contributed by atoms with Gasteiger partial charge in [-0.05, 0) is 37.5 Å². The maximum Gasteiger partial charge on any atom is 0.138 e. The first-order chi connectivity index (χ1) is 7.41. The summed E-state index contributed by atoms with van der Waals surface area (Å²) in [6.45, 7) is 8.22. The Bertz CT molecular complexity index is 350. The molecule has 0 amide bonds. The van der Waals surface area contributed by atoms with Crippen molar-refractivity contribution >= 4 is 11.6 Å². The van der Waals surface area contributed by atoms with Crippen LogP contribution in [0.4, 0.5) is 0 Å². The van der Waals surface area contributed by atoms with Gasteiger partial charge in [-0.3, -0.25) is 0 Å². The summed E-state index contributed by atoms with van der Waals surface area (Å²) in [7, 11) is 0. The Morgan fingerprint density at radius 1 is 1.19 bits per heavy atom. The average Bonchev–Trinajstić information content (AvgIpc) is 2.20. The topological polar surface area (TPSA) is 35.2 Å². The molecule has 2 N–H and O–H groups in total. The van der Waals surface area contributed by atoms with E-state index in [1.54, 1.807) is 0 Å². The van der Waals surface area contributed by atoms with Gasteiger partial charge in [0.2, 0.25) is 0 Å². The van der Waals surface area contributed by atoms with Crippen LogP contribution >= 0.6 is 11.6 Å². The van der Waals surface area contributed by atoms with Crippen molar-refractivity contribution in [2.75, 3.05) is 0 Å². The smallest absolute Gasteiger partial charge is 0.138 e. The molecule has 1 rings (SSSR count). The molecule has 0 bridgehead atoms. The molecule has 0 fully saturated rings. The predicted molar refractivity (Wildman–Crippen MR) is 69.0 cm³/mol. The largest absolute Gasteiger partial charge is 0.489 e. The molecule has 0 heterocycles. The van der Waals surface area contributed by atoms with E-state index >= 15 is 0 Å². The lowest BCUT2D eigenvalue weighted by atomic mass is 10.1. The van der Waals surface area contributed by atoms with Gasteiger partial charge in [0.25, 0.3) is 0 Å². The van der Waals surface area contributed by atoms with Crippen LogP contribution in [-0.4, -0.2) is 6.10 Å².